The molecule has 1 atom stereocenters. The molecule has 0 saturated heterocycles. The molecule has 0 bridgehead atoms. The van der Waals surface area contributed by atoms with Crippen molar-refractivity contribution in [2.75, 3.05) is 11.0 Å². The van der Waals surface area contributed by atoms with Gasteiger partial charge in [-0.1, -0.05) is 18.2 Å². The normalized spacial score (nSPS) is 12.6. The van der Waals surface area contributed by atoms with Crippen molar-refractivity contribution in [3.8, 4) is 0 Å². The van der Waals surface area contributed by atoms with Gasteiger partial charge in [0.05, 0.1) is 18.3 Å². The number of halogens is 1. The zero-order valence-corrected chi connectivity index (χ0v) is 7.70. The van der Waals surface area contributed by atoms with Gasteiger partial charge in [-0.2, -0.15) is 0 Å². The van der Waals surface area contributed by atoms with Crippen LogP contribution in [-0.2, 0) is 0 Å². The van der Waals surface area contributed by atoms with Crippen LogP contribution in [0.15, 0.2) is 30.3 Å². The number of aliphatic hydroxyl groups excluding tert-OH is 1. The van der Waals surface area contributed by atoms with Crippen LogP contribution < -0.4 is 4.42 Å². The predicted octanol–water partition coefficient (Wildman–Crippen LogP) is 2.03. The number of nitrogens with zero attached hydrogens (tertiary/aromatic N) is 1. The summed E-state index contributed by atoms with van der Waals surface area (Å²) in [6.07, 6.45) is -0.414. The Bertz CT molecular complexity index is 225. The molecule has 0 heterocycles. The van der Waals surface area contributed by atoms with Gasteiger partial charge in [-0.3, -0.25) is 4.42 Å². The van der Waals surface area contributed by atoms with Crippen LogP contribution in [0.4, 0.5) is 5.69 Å². The molecular formula is C9H12ClNO. The summed E-state index contributed by atoms with van der Waals surface area (Å²) in [5.41, 5.74) is 0.903. The number of aliphatic hydroxyl groups is 1. The van der Waals surface area contributed by atoms with Crippen LogP contribution in [0.3, 0.4) is 0 Å². The van der Waals surface area contributed by atoms with E-state index in [9.17, 15) is 0 Å². The standard InChI is InChI=1S/C9H12ClNO/c1-8(12)7-11(10)9-5-3-2-4-6-9/h2-6,8,12H,7H2,1H3. The number of hydrogen-bond donors (Lipinski definition) is 1. The number of anilines is 1. The summed E-state index contributed by atoms with van der Waals surface area (Å²) >= 11 is 5.87. The second-order valence-electron chi connectivity index (χ2n) is 2.73. The maximum atomic E-state index is 9.06. The number of hydrogen-bond acceptors (Lipinski definition) is 2. The van der Waals surface area contributed by atoms with Gasteiger partial charge < -0.3 is 5.11 Å². The first-order chi connectivity index (χ1) is 5.70. The van der Waals surface area contributed by atoms with E-state index in [1.807, 2.05) is 30.3 Å². The molecule has 0 fully saturated rings. The highest BCUT2D eigenvalue weighted by Crippen LogP contribution is 2.15. The van der Waals surface area contributed by atoms with Crippen molar-refractivity contribution in [2.24, 2.45) is 0 Å². The van der Waals surface area contributed by atoms with E-state index in [4.69, 9.17) is 16.9 Å². The minimum absolute atomic E-state index is 0.414. The van der Waals surface area contributed by atoms with Crippen molar-refractivity contribution in [2.45, 2.75) is 13.0 Å². The topological polar surface area (TPSA) is 23.5 Å². The van der Waals surface area contributed by atoms with Crippen LogP contribution in [0.25, 0.3) is 0 Å². The molecule has 0 amide bonds. The fourth-order valence-corrected chi connectivity index (χ4v) is 1.24. The molecule has 12 heavy (non-hydrogen) atoms. The lowest BCUT2D eigenvalue weighted by Crippen LogP contribution is -2.21. The van der Waals surface area contributed by atoms with Crippen LogP contribution in [-0.4, -0.2) is 17.8 Å². The molecule has 3 heteroatoms. The van der Waals surface area contributed by atoms with Crippen LogP contribution >= 0.6 is 11.8 Å². The highest BCUT2D eigenvalue weighted by atomic mass is 35.5. The SMILES string of the molecule is CC(O)CN(Cl)c1ccccc1. The van der Waals surface area contributed by atoms with E-state index in [0.29, 0.717) is 6.54 Å². The lowest BCUT2D eigenvalue weighted by molar-refractivity contribution is 0.204. The molecule has 0 aliphatic rings. The second kappa shape index (κ2) is 4.33. The van der Waals surface area contributed by atoms with Crippen molar-refractivity contribution >= 4 is 17.5 Å². The maximum Gasteiger partial charge on any atom is 0.0701 e. The first-order valence-electron chi connectivity index (χ1n) is 3.86. The molecule has 1 rings (SSSR count). The average molecular weight is 186 g/mol. The van der Waals surface area contributed by atoms with E-state index in [1.54, 1.807) is 6.92 Å². The second-order valence-corrected chi connectivity index (χ2v) is 3.14. The molecule has 0 saturated carbocycles. The molecule has 0 radical (unpaired) electrons. The molecule has 1 N–H and O–H groups in total. The number of rotatable bonds is 3. The van der Waals surface area contributed by atoms with E-state index < -0.39 is 6.10 Å². The van der Waals surface area contributed by atoms with Crippen molar-refractivity contribution < 1.29 is 5.11 Å². The molecule has 66 valence electrons. The number of benzene rings is 1. The third-order valence-corrected chi connectivity index (χ3v) is 1.79. The smallest absolute Gasteiger partial charge is 0.0701 e. The molecule has 0 spiro atoms. The summed E-state index contributed by atoms with van der Waals surface area (Å²) in [6, 6.07) is 9.54. The minimum atomic E-state index is -0.414. The van der Waals surface area contributed by atoms with Crippen molar-refractivity contribution in [1.82, 2.24) is 0 Å². The van der Waals surface area contributed by atoms with Gasteiger partial charge in [0.15, 0.2) is 0 Å². The molecule has 0 aliphatic carbocycles. The first kappa shape index (κ1) is 9.36. The lowest BCUT2D eigenvalue weighted by atomic mass is 10.3. The monoisotopic (exact) mass is 185 g/mol. The zero-order valence-electron chi connectivity index (χ0n) is 6.94. The van der Waals surface area contributed by atoms with Gasteiger partial charge in [0, 0.05) is 11.8 Å². The van der Waals surface area contributed by atoms with Gasteiger partial charge in [0.25, 0.3) is 0 Å². The Morgan fingerprint density at radius 2 is 2.00 bits per heavy atom. The third kappa shape index (κ3) is 2.72. The first-order valence-corrected chi connectivity index (χ1v) is 4.20. The van der Waals surface area contributed by atoms with Crippen molar-refractivity contribution in [1.29, 1.82) is 0 Å². The van der Waals surface area contributed by atoms with Crippen molar-refractivity contribution in [3.63, 3.8) is 0 Å². The minimum Gasteiger partial charge on any atom is -0.392 e. The van der Waals surface area contributed by atoms with Gasteiger partial charge in [-0.25, -0.2) is 0 Å². The third-order valence-electron chi connectivity index (χ3n) is 1.46. The van der Waals surface area contributed by atoms with E-state index in [2.05, 4.69) is 0 Å². The maximum absolute atomic E-state index is 9.06. The lowest BCUT2D eigenvalue weighted by Gasteiger charge is -2.16. The zero-order chi connectivity index (χ0) is 8.97. The quantitative estimate of drug-likeness (QED) is 0.729. The molecule has 2 nitrogen and oxygen atoms in total. The van der Waals surface area contributed by atoms with Gasteiger partial charge in [0.1, 0.15) is 0 Å². The summed E-state index contributed by atoms with van der Waals surface area (Å²) in [6.45, 7) is 2.14. The van der Waals surface area contributed by atoms with Crippen LogP contribution in [0, 0.1) is 0 Å². The number of para-hydroxylation sites is 1. The summed E-state index contributed by atoms with van der Waals surface area (Å²) < 4.78 is 1.50. The van der Waals surface area contributed by atoms with E-state index in [1.165, 1.54) is 4.42 Å². The van der Waals surface area contributed by atoms with Crippen LogP contribution in [0.5, 0.6) is 0 Å². The van der Waals surface area contributed by atoms with Gasteiger partial charge in [-0.15, -0.1) is 0 Å². The molecule has 1 unspecified atom stereocenters. The molecule has 0 aromatic heterocycles. The predicted molar refractivity (Wildman–Crippen MR) is 51.3 cm³/mol. The van der Waals surface area contributed by atoms with Crippen molar-refractivity contribution in [3.05, 3.63) is 30.3 Å². The summed E-state index contributed by atoms with van der Waals surface area (Å²) in [5.74, 6) is 0. The fraction of sp³-hybridized carbons (Fsp3) is 0.333. The Hall–Kier alpha value is -0.730. The molecule has 1 aromatic carbocycles. The van der Waals surface area contributed by atoms with Gasteiger partial charge in [0.2, 0.25) is 0 Å². The summed E-state index contributed by atoms with van der Waals surface area (Å²) in [5, 5.41) is 9.06. The Kier molecular flexibility index (Phi) is 3.38. The molecule has 1 aromatic rings. The summed E-state index contributed by atoms with van der Waals surface area (Å²) in [4.78, 5) is 0. The Morgan fingerprint density at radius 1 is 1.42 bits per heavy atom. The highest BCUT2D eigenvalue weighted by molar-refractivity contribution is 6.25. The van der Waals surface area contributed by atoms with Crippen LogP contribution in [0.2, 0.25) is 0 Å². The van der Waals surface area contributed by atoms with E-state index in [-0.39, 0.29) is 0 Å². The van der Waals surface area contributed by atoms with E-state index in [0.717, 1.165) is 5.69 Å². The Balaban J connectivity index is 2.59. The van der Waals surface area contributed by atoms with Crippen LogP contribution in [0.1, 0.15) is 6.92 Å². The Labute approximate surface area is 77.5 Å². The fourth-order valence-electron chi connectivity index (χ4n) is 0.927. The largest absolute Gasteiger partial charge is 0.392 e. The molecular weight excluding hydrogens is 174 g/mol. The average Bonchev–Trinajstić information content (AvgIpc) is 2.05. The Morgan fingerprint density at radius 3 is 2.50 bits per heavy atom. The molecule has 0 aliphatic heterocycles. The summed E-state index contributed by atoms with van der Waals surface area (Å²) in [7, 11) is 0. The van der Waals surface area contributed by atoms with E-state index >= 15 is 0 Å². The van der Waals surface area contributed by atoms with Gasteiger partial charge >= 0.3 is 0 Å². The highest BCUT2D eigenvalue weighted by Gasteiger charge is 2.04. The van der Waals surface area contributed by atoms with Gasteiger partial charge in [-0.05, 0) is 19.1 Å².